The number of aliphatic hydroxyl groups is 1. The Morgan fingerprint density at radius 3 is 3.00 bits per heavy atom. The average Bonchev–Trinajstić information content (AvgIpc) is 2.68. The molecule has 3 rings (SSSR count). The Kier molecular flexibility index (Phi) is 1.69. The minimum atomic E-state index is -0.0595. The Bertz CT molecular complexity index is 268. The number of hydrogen-bond acceptors (Lipinski definition) is 3. The van der Waals surface area contributed by atoms with Crippen LogP contribution in [0, 0.1) is 23.7 Å². The molecule has 4 heteroatoms. The summed E-state index contributed by atoms with van der Waals surface area (Å²) in [4.78, 5) is 11.5. The first kappa shape index (κ1) is 8.47. The van der Waals surface area contributed by atoms with Gasteiger partial charge in [-0.3, -0.25) is 4.79 Å². The lowest BCUT2D eigenvalue weighted by Crippen LogP contribution is -2.35. The molecular weight excluding hydrogens is 283 g/mol. The van der Waals surface area contributed by atoms with E-state index in [4.69, 9.17) is 4.74 Å². The van der Waals surface area contributed by atoms with Crippen molar-refractivity contribution in [1.29, 1.82) is 0 Å². The van der Waals surface area contributed by atoms with Crippen molar-refractivity contribution in [3.63, 3.8) is 0 Å². The van der Waals surface area contributed by atoms with Crippen LogP contribution in [0.2, 0.25) is 0 Å². The van der Waals surface area contributed by atoms with Gasteiger partial charge in [-0.1, -0.05) is 22.6 Å². The first-order valence-electron chi connectivity index (χ1n) is 4.69. The molecule has 0 unspecified atom stereocenters. The summed E-state index contributed by atoms with van der Waals surface area (Å²) < 4.78 is 5.76. The van der Waals surface area contributed by atoms with Gasteiger partial charge in [0.05, 0.1) is 9.84 Å². The zero-order valence-corrected chi connectivity index (χ0v) is 9.18. The molecule has 13 heavy (non-hydrogen) atoms. The molecule has 72 valence electrons. The minimum Gasteiger partial charge on any atom is -0.461 e. The van der Waals surface area contributed by atoms with Crippen molar-refractivity contribution in [3.05, 3.63) is 0 Å². The van der Waals surface area contributed by atoms with Gasteiger partial charge in [-0.2, -0.15) is 0 Å². The van der Waals surface area contributed by atoms with Gasteiger partial charge in [0, 0.05) is 12.5 Å². The van der Waals surface area contributed by atoms with E-state index in [1.807, 2.05) is 0 Å². The highest BCUT2D eigenvalue weighted by Gasteiger charge is 2.65. The summed E-state index contributed by atoms with van der Waals surface area (Å²) in [5.41, 5.74) is 0. The molecule has 6 atom stereocenters. The topological polar surface area (TPSA) is 46.5 Å². The molecule has 0 radical (unpaired) electrons. The molecule has 3 fully saturated rings. The number of esters is 1. The van der Waals surface area contributed by atoms with Crippen molar-refractivity contribution in [3.8, 4) is 0 Å². The number of rotatable bonds is 1. The molecule has 0 amide bonds. The molecule has 1 N–H and O–H groups in total. The van der Waals surface area contributed by atoms with Crippen molar-refractivity contribution < 1.29 is 14.6 Å². The molecule has 1 aliphatic heterocycles. The Hall–Kier alpha value is 0.160. The third-order valence-electron chi connectivity index (χ3n) is 3.90. The summed E-state index contributed by atoms with van der Waals surface area (Å²) in [6, 6.07) is 0. The SMILES string of the molecule is O=C1O[C@@H]2[C@@H](I)[C@H]3C[C@@H]2[C@@H]1[C@@H]3CO. The fourth-order valence-corrected chi connectivity index (χ4v) is 4.87. The van der Waals surface area contributed by atoms with Gasteiger partial charge in [-0.15, -0.1) is 0 Å². The second-order valence-corrected chi connectivity index (χ2v) is 5.72. The standard InChI is InChI=1S/C9H11IO3/c10-7-3-1-4-6(5(3)2-11)9(12)13-8(4)7/h3-8,11H,1-2H2/t3-,4+,5+,6+,7-,8-/m0/s1. The smallest absolute Gasteiger partial charge is 0.310 e. The molecule has 3 aliphatic rings. The fourth-order valence-electron chi connectivity index (χ4n) is 3.37. The van der Waals surface area contributed by atoms with Crippen molar-refractivity contribution in [1.82, 2.24) is 0 Å². The molecule has 0 aromatic carbocycles. The van der Waals surface area contributed by atoms with E-state index in [9.17, 15) is 9.90 Å². The fraction of sp³-hybridized carbons (Fsp3) is 0.889. The van der Waals surface area contributed by atoms with Gasteiger partial charge in [0.25, 0.3) is 0 Å². The van der Waals surface area contributed by atoms with E-state index in [0.717, 1.165) is 6.42 Å². The predicted molar refractivity (Wildman–Crippen MR) is 53.4 cm³/mol. The van der Waals surface area contributed by atoms with Crippen molar-refractivity contribution in [2.75, 3.05) is 6.61 Å². The lowest BCUT2D eigenvalue weighted by molar-refractivity contribution is -0.144. The summed E-state index contributed by atoms with van der Waals surface area (Å²) in [6.07, 6.45) is 1.24. The zero-order valence-electron chi connectivity index (χ0n) is 7.02. The van der Waals surface area contributed by atoms with Crippen LogP contribution in [-0.2, 0) is 9.53 Å². The summed E-state index contributed by atoms with van der Waals surface area (Å²) in [5, 5.41) is 9.23. The number of alkyl halides is 1. The molecule has 0 spiro atoms. The first-order valence-corrected chi connectivity index (χ1v) is 5.94. The number of ether oxygens (including phenoxy) is 1. The van der Waals surface area contributed by atoms with Gasteiger partial charge < -0.3 is 9.84 Å². The van der Waals surface area contributed by atoms with Gasteiger partial charge in [0.2, 0.25) is 0 Å². The maximum atomic E-state index is 11.5. The van der Waals surface area contributed by atoms with Gasteiger partial charge in [0.15, 0.2) is 0 Å². The van der Waals surface area contributed by atoms with Gasteiger partial charge >= 0.3 is 5.97 Å². The number of carbonyl (C=O) groups excluding carboxylic acids is 1. The quantitative estimate of drug-likeness (QED) is 0.437. The number of hydrogen-bond donors (Lipinski definition) is 1. The Morgan fingerprint density at radius 1 is 1.54 bits per heavy atom. The molecule has 2 bridgehead atoms. The second kappa shape index (κ2) is 2.59. The van der Waals surface area contributed by atoms with E-state index >= 15 is 0 Å². The minimum absolute atomic E-state index is 0.0195. The van der Waals surface area contributed by atoms with Crippen LogP contribution in [-0.4, -0.2) is 27.7 Å². The highest BCUT2D eigenvalue weighted by molar-refractivity contribution is 14.1. The average molecular weight is 294 g/mol. The zero-order chi connectivity index (χ0) is 9.16. The summed E-state index contributed by atoms with van der Waals surface area (Å²) >= 11 is 2.37. The largest absolute Gasteiger partial charge is 0.461 e. The van der Waals surface area contributed by atoms with Crippen LogP contribution in [0.15, 0.2) is 0 Å². The van der Waals surface area contributed by atoms with Crippen LogP contribution in [0.4, 0.5) is 0 Å². The lowest BCUT2D eigenvalue weighted by Gasteiger charge is -2.26. The van der Waals surface area contributed by atoms with E-state index in [2.05, 4.69) is 22.6 Å². The van der Waals surface area contributed by atoms with Crippen LogP contribution in [0.3, 0.4) is 0 Å². The Morgan fingerprint density at radius 2 is 2.31 bits per heavy atom. The first-order chi connectivity index (χ1) is 6.24. The van der Waals surface area contributed by atoms with Crippen LogP contribution >= 0.6 is 22.6 Å². The molecule has 0 aromatic rings. The number of fused-ring (bicyclic) bond motifs is 1. The highest BCUT2D eigenvalue weighted by Crippen LogP contribution is 2.59. The van der Waals surface area contributed by atoms with Gasteiger partial charge in [0.1, 0.15) is 6.10 Å². The third kappa shape index (κ3) is 0.862. The molecular formula is C9H11IO3. The van der Waals surface area contributed by atoms with Crippen molar-refractivity contribution >= 4 is 28.6 Å². The molecule has 3 nitrogen and oxygen atoms in total. The van der Waals surface area contributed by atoms with Crippen LogP contribution in [0.5, 0.6) is 0 Å². The second-order valence-electron chi connectivity index (χ2n) is 4.28. The van der Waals surface area contributed by atoms with E-state index < -0.39 is 0 Å². The molecule has 0 aromatic heterocycles. The number of halogens is 1. The summed E-state index contributed by atoms with van der Waals surface area (Å²) in [6.45, 7) is 0.146. The lowest BCUT2D eigenvalue weighted by atomic mass is 9.80. The Balaban J connectivity index is 2.01. The monoisotopic (exact) mass is 294 g/mol. The van der Waals surface area contributed by atoms with E-state index in [1.165, 1.54) is 0 Å². The van der Waals surface area contributed by atoms with Crippen molar-refractivity contribution in [2.24, 2.45) is 23.7 Å². The van der Waals surface area contributed by atoms with E-state index in [-0.39, 0.29) is 30.5 Å². The Labute approximate surface area is 90.0 Å². The molecule has 2 aliphatic carbocycles. The molecule has 2 saturated carbocycles. The van der Waals surface area contributed by atoms with Crippen LogP contribution in [0.1, 0.15) is 6.42 Å². The van der Waals surface area contributed by atoms with E-state index in [1.54, 1.807) is 0 Å². The maximum Gasteiger partial charge on any atom is 0.310 e. The maximum absolute atomic E-state index is 11.5. The van der Waals surface area contributed by atoms with Crippen LogP contribution in [0.25, 0.3) is 0 Å². The number of aliphatic hydroxyl groups excluding tert-OH is 1. The summed E-state index contributed by atoms with van der Waals surface area (Å²) in [7, 11) is 0. The predicted octanol–water partition coefficient (Wildman–Crippen LogP) is 0.590. The third-order valence-corrected chi connectivity index (χ3v) is 5.53. The van der Waals surface area contributed by atoms with Gasteiger partial charge in [-0.25, -0.2) is 0 Å². The molecule has 1 heterocycles. The molecule has 1 saturated heterocycles. The van der Waals surface area contributed by atoms with Crippen LogP contribution < -0.4 is 0 Å². The normalized spacial score (nSPS) is 57.2. The number of carbonyl (C=O) groups is 1. The van der Waals surface area contributed by atoms with Gasteiger partial charge in [-0.05, 0) is 18.3 Å². The van der Waals surface area contributed by atoms with Crippen molar-refractivity contribution in [2.45, 2.75) is 16.4 Å². The highest BCUT2D eigenvalue weighted by atomic mass is 127. The summed E-state index contributed by atoms with van der Waals surface area (Å²) in [5.74, 6) is 1.06. The van der Waals surface area contributed by atoms with E-state index in [0.29, 0.717) is 15.8 Å².